The van der Waals surface area contributed by atoms with E-state index in [0.29, 0.717) is 6.20 Å². The fourth-order valence-electron chi connectivity index (χ4n) is 1.55. The number of carboxylic acid groups (broad SMARTS) is 1. The third kappa shape index (κ3) is 3.47. The van der Waals surface area contributed by atoms with Crippen LogP contribution in [0.1, 0.15) is 15.9 Å². The van der Waals surface area contributed by atoms with Crippen molar-refractivity contribution in [3.05, 3.63) is 53.5 Å². The van der Waals surface area contributed by atoms with Gasteiger partial charge in [-0.15, -0.1) is 0 Å². The molecule has 21 heavy (non-hydrogen) atoms. The molecule has 0 aliphatic carbocycles. The van der Waals surface area contributed by atoms with Crippen molar-refractivity contribution >= 4 is 17.5 Å². The molecule has 2 rings (SSSR count). The Balaban J connectivity index is 2.19. The van der Waals surface area contributed by atoms with Gasteiger partial charge < -0.3 is 10.4 Å². The largest absolute Gasteiger partial charge is 0.478 e. The van der Waals surface area contributed by atoms with Crippen LogP contribution in [-0.4, -0.2) is 16.1 Å². The summed E-state index contributed by atoms with van der Waals surface area (Å²) in [5.74, 6) is -2.29. The summed E-state index contributed by atoms with van der Waals surface area (Å²) in [7, 11) is 0. The van der Waals surface area contributed by atoms with Gasteiger partial charge in [-0.1, -0.05) is 0 Å². The number of rotatable bonds is 3. The first-order valence-electron chi connectivity index (χ1n) is 5.60. The minimum absolute atomic E-state index is 0.0745. The van der Waals surface area contributed by atoms with Crippen molar-refractivity contribution in [2.45, 2.75) is 6.18 Å². The zero-order valence-corrected chi connectivity index (χ0v) is 10.3. The van der Waals surface area contributed by atoms with Crippen LogP contribution >= 0.6 is 0 Å². The molecular formula is C13H8F4N2O2. The number of nitrogens with one attached hydrogen (secondary N) is 1. The SMILES string of the molecule is O=C(O)c1ccc(Nc2ccc(C(F)(F)F)cn2)cc1F. The van der Waals surface area contributed by atoms with Gasteiger partial charge in [0.05, 0.1) is 11.1 Å². The smallest absolute Gasteiger partial charge is 0.417 e. The normalized spacial score (nSPS) is 11.2. The van der Waals surface area contributed by atoms with Crippen LogP contribution in [0.25, 0.3) is 0 Å². The van der Waals surface area contributed by atoms with Gasteiger partial charge in [0.1, 0.15) is 11.6 Å². The summed E-state index contributed by atoms with van der Waals surface area (Å²) in [6, 6.07) is 5.17. The molecule has 1 heterocycles. The molecule has 8 heteroatoms. The maximum atomic E-state index is 13.4. The topological polar surface area (TPSA) is 62.2 Å². The molecule has 0 saturated carbocycles. The highest BCUT2D eigenvalue weighted by Crippen LogP contribution is 2.29. The Morgan fingerprint density at radius 2 is 1.90 bits per heavy atom. The number of aromatic nitrogens is 1. The van der Waals surface area contributed by atoms with Crippen molar-refractivity contribution in [3.8, 4) is 0 Å². The van der Waals surface area contributed by atoms with E-state index in [-0.39, 0.29) is 11.5 Å². The maximum Gasteiger partial charge on any atom is 0.417 e. The summed E-state index contributed by atoms with van der Waals surface area (Å²) >= 11 is 0. The second-order valence-electron chi connectivity index (χ2n) is 4.05. The molecule has 0 spiro atoms. The van der Waals surface area contributed by atoms with Crippen LogP contribution in [0.2, 0.25) is 0 Å². The number of anilines is 2. The fourth-order valence-corrected chi connectivity index (χ4v) is 1.55. The quantitative estimate of drug-likeness (QED) is 0.849. The van der Waals surface area contributed by atoms with E-state index in [0.717, 1.165) is 24.3 Å². The van der Waals surface area contributed by atoms with Crippen LogP contribution in [0.3, 0.4) is 0 Å². The lowest BCUT2D eigenvalue weighted by atomic mass is 10.2. The molecule has 0 fully saturated rings. The molecule has 0 radical (unpaired) electrons. The van der Waals surface area contributed by atoms with Crippen LogP contribution in [0, 0.1) is 5.82 Å². The molecule has 1 aromatic carbocycles. The minimum Gasteiger partial charge on any atom is -0.478 e. The van der Waals surface area contributed by atoms with Crippen molar-refractivity contribution in [2.75, 3.05) is 5.32 Å². The summed E-state index contributed by atoms with van der Waals surface area (Å²) in [6.07, 6.45) is -3.84. The zero-order chi connectivity index (χ0) is 15.6. The molecule has 0 aliphatic heterocycles. The van der Waals surface area contributed by atoms with E-state index in [4.69, 9.17) is 5.11 Å². The molecule has 0 atom stereocenters. The molecule has 1 aromatic heterocycles. The molecule has 4 nitrogen and oxygen atoms in total. The van der Waals surface area contributed by atoms with Gasteiger partial charge in [-0.2, -0.15) is 13.2 Å². The maximum absolute atomic E-state index is 13.4. The summed E-state index contributed by atoms with van der Waals surface area (Å²) < 4.78 is 50.5. The highest BCUT2D eigenvalue weighted by atomic mass is 19.4. The van der Waals surface area contributed by atoms with Crippen molar-refractivity contribution < 1.29 is 27.5 Å². The number of benzene rings is 1. The number of nitrogens with zero attached hydrogens (tertiary/aromatic N) is 1. The molecule has 2 aromatic rings. The van der Waals surface area contributed by atoms with E-state index in [2.05, 4.69) is 10.3 Å². The van der Waals surface area contributed by atoms with E-state index in [1.807, 2.05) is 0 Å². The molecule has 0 bridgehead atoms. The standard InChI is InChI=1S/C13H8F4N2O2/c14-10-5-8(2-3-9(10)12(20)21)19-11-4-1-7(6-18-11)13(15,16)17/h1-6H,(H,18,19)(H,20,21). The third-order valence-corrected chi connectivity index (χ3v) is 2.56. The first kappa shape index (κ1) is 14.8. The second kappa shape index (κ2) is 5.39. The number of hydrogen-bond donors (Lipinski definition) is 2. The van der Waals surface area contributed by atoms with Gasteiger partial charge in [-0.3, -0.25) is 0 Å². The average molecular weight is 300 g/mol. The summed E-state index contributed by atoms with van der Waals surface area (Å²) in [5, 5.41) is 11.3. The molecule has 0 amide bonds. The number of aromatic carboxylic acids is 1. The predicted octanol–water partition coefficient (Wildman–Crippen LogP) is 3.68. The Bertz CT molecular complexity index is 669. The predicted molar refractivity (Wildman–Crippen MR) is 65.9 cm³/mol. The van der Waals surface area contributed by atoms with Gasteiger partial charge in [0, 0.05) is 11.9 Å². The van der Waals surface area contributed by atoms with E-state index in [9.17, 15) is 22.4 Å². The van der Waals surface area contributed by atoms with E-state index in [1.54, 1.807) is 0 Å². The van der Waals surface area contributed by atoms with Gasteiger partial charge in [0.2, 0.25) is 0 Å². The Labute approximate surface area is 116 Å². The van der Waals surface area contributed by atoms with Gasteiger partial charge >= 0.3 is 12.1 Å². The molecule has 0 unspecified atom stereocenters. The van der Waals surface area contributed by atoms with Crippen molar-refractivity contribution in [1.29, 1.82) is 0 Å². The summed E-state index contributed by atoms with van der Waals surface area (Å²) in [4.78, 5) is 14.2. The van der Waals surface area contributed by atoms with E-state index >= 15 is 0 Å². The Hall–Kier alpha value is -2.64. The summed E-state index contributed by atoms with van der Waals surface area (Å²) in [6.45, 7) is 0. The Kier molecular flexibility index (Phi) is 3.79. The summed E-state index contributed by atoms with van der Waals surface area (Å²) in [5.41, 5.74) is -1.23. The van der Waals surface area contributed by atoms with Crippen molar-refractivity contribution in [2.24, 2.45) is 0 Å². The van der Waals surface area contributed by atoms with Gasteiger partial charge in [0.25, 0.3) is 0 Å². The van der Waals surface area contributed by atoms with Crippen LogP contribution < -0.4 is 5.32 Å². The highest BCUT2D eigenvalue weighted by Gasteiger charge is 2.30. The fraction of sp³-hybridized carbons (Fsp3) is 0.0769. The first-order valence-corrected chi connectivity index (χ1v) is 5.60. The molecule has 2 N–H and O–H groups in total. The van der Waals surface area contributed by atoms with E-state index in [1.165, 1.54) is 6.07 Å². The highest BCUT2D eigenvalue weighted by molar-refractivity contribution is 5.88. The van der Waals surface area contributed by atoms with Gasteiger partial charge in [0.15, 0.2) is 0 Å². The number of alkyl halides is 3. The van der Waals surface area contributed by atoms with Crippen molar-refractivity contribution in [3.63, 3.8) is 0 Å². The van der Waals surface area contributed by atoms with Gasteiger partial charge in [-0.05, 0) is 30.3 Å². The lowest BCUT2D eigenvalue weighted by molar-refractivity contribution is -0.137. The second-order valence-corrected chi connectivity index (χ2v) is 4.05. The number of halogens is 4. The Morgan fingerprint density at radius 1 is 1.19 bits per heavy atom. The van der Waals surface area contributed by atoms with Crippen molar-refractivity contribution in [1.82, 2.24) is 4.98 Å². The average Bonchev–Trinajstić information content (AvgIpc) is 2.38. The van der Waals surface area contributed by atoms with E-state index < -0.39 is 29.1 Å². The lowest BCUT2D eigenvalue weighted by Gasteiger charge is -2.09. The van der Waals surface area contributed by atoms with Crippen LogP contribution in [0.4, 0.5) is 29.1 Å². The van der Waals surface area contributed by atoms with Crippen LogP contribution in [0.15, 0.2) is 36.5 Å². The lowest BCUT2D eigenvalue weighted by Crippen LogP contribution is -2.06. The number of pyridine rings is 1. The number of carboxylic acids is 1. The monoisotopic (exact) mass is 300 g/mol. The van der Waals surface area contributed by atoms with Crippen LogP contribution in [-0.2, 0) is 6.18 Å². The van der Waals surface area contributed by atoms with Gasteiger partial charge in [-0.25, -0.2) is 14.2 Å². The molecule has 0 saturated heterocycles. The number of carbonyl (C=O) groups is 1. The molecule has 110 valence electrons. The first-order chi connectivity index (χ1) is 9.77. The molecule has 0 aliphatic rings. The number of hydrogen-bond acceptors (Lipinski definition) is 3. The molecular weight excluding hydrogens is 292 g/mol. The zero-order valence-electron chi connectivity index (χ0n) is 10.3. The minimum atomic E-state index is -4.49. The Morgan fingerprint density at radius 3 is 2.38 bits per heavy atom. The van der Waals surface area contributed by atoms with Crippen LogP contribution in [0.5, 0.6) is 0 Å². The third-order valence-electron chi connectivity index (χ3n) is 2.56.